The van der Waals surface area contributed by atoms with Crippen molar-refractivity contribution >= 4 is 11.9 Å². The summed E-state index contributed by atoms with van der Waals surface area (Å²) in [6.07, 6.45) is 2.38. The molecule has 5 heteroatoms. The second-order valence-corrected chi connectivity index (χ2v) is 4.53. The lowest BCUT2D eigenvalue weighted by Crippen LogP contribution is -2.47. The molecule has 15 heavy (non-hydrogen) atoms. The summed E-state index contributed by atoms with van der Waals surface area (Å²) in [5.74, 6) is -1.32. The number of rotatable bonds is 6. The summed E-state index contributed by atoms with van der Waals surface area (Å²) in [6.45, 7) is 4.58. The van der Waals surface area contributed by atoms with Gasteiger partial charge in [-0.2, -0.15) is 0 Å². The zero-order valence-corrected chi connectivity index (χ0v) is 9.17. The SMILES string of the molecule is CC(=O)NC(CNCC1(C)CC1)C(=O)O. The first-order valence-electron chi connectivity index (χ1n) is 5.14. The standard InChI is InChI=1S/C10H18N2O3/c1-7(13)12-8(9(14)15)5-11-6-10(2)3-4-10/h8,11H,3-6H2,1-2H3,(H,12,13)(H,14,15). The molecule has 3 N–H and O–H groups in total. The average Bonchev–Trinajstić information content (AvgIpc) is 2.81. The van der Waals surface area contributed by atoms with Gasteiger partial charge in [0.1, 0.15) is 6.04 Å². The average molecular weight is 214 g/mol. The van der Waals surface area contributed by atoms with E-state index in [2.05, 4.69) is 17.6 Å². The van der Waals surface area contributed by atoms with E-state index in [0.717, 1.165) is 6.54 Å². The van der Waals surface area contributed by atoms with Crippen molar-refractivity contribution in [2.45, 2.75) is 32.7 Å². The third kappa shape index (κ3) is 4.29. The number of amides is 1. The van der Waals surface area contributed by atoms with Crippen LogP contribution in [-0.2, 0) is 9.59 Å². The Bertz CT molecular complexity index is 261. The maximum absolute atomic E-state index is 10.8. The molecule has 1 fully saturated rings. The summed E-state index contributed by atoms with van der Waals surface area (Å²) in [5.41, 5.74) is 0.347. The van der Waals surface area contributed by atoms with E-state index < -0.39 is 12.0 Å². The van der Waals surface area contributed by atoms with Crippen LogP contribution in [0.1, 0.15) is 26.7 Å². The summed E-state index contributed by atoms with van der Waals surface area (Å²) in [6, 6.07) is -0.829. The van der Waals surface area contributed by atoms with Crippen molar-refractivity contribution in [2.75, 3.05) is 13.1 Å². The number of carbonyl (C=O) groups is 2. The lowest BCUT2D eigenvalue weighted by Gasteiger charge is -2.16. The molecule has 1 atom stereocenters. The summed E-state index contributed by atoms with van der Waals surface area (Å²) in [5, 5.41) is 14.3. The Hall–Kier alpha value is -1.10. The fourth-order valence-corrected chi connectivity index (χ4v) is 1.35. The number of hydrogen-bond acceptors (Lipinski definition) is 3. The zero-order valence-electron chi connectivity index (χ0n) is 9.17. The Morgan fingerprint density at radius 3 is 2.47 bits per heavy atom. The summed E-state index contributed by atoms with van der Waals surface area (Å²) >= 11 is 0. The highest BCUT2D eigenvalue weighted by Gasteiger charge is 2.36. The highest BCUT2D eigenvalue weighted by molar-refractivity contribution is 5.82. The molecule has 5 nitrogen and oxygen atoms in total. The maximum atomic E-state index is 10.8. The van der Waals surface area contributed by atoms with Crippen LogP contribution < -0.4 is 10.6 Å². The highest BCUT2D eigenvalue weighted by atomic mass is 16.4. The molecule has 0 aromatic carbocycles. The molecule has 0 aromatic rings. The van der Waals surface area contributed by atoms with Gasteiger partial charge >= 0.3 is 5.97 Å². The van der Waals surface area contributed by atoms with Gasteiger partial charge in [-0.3, -0.25) is 4.79 Å². The molecule has 1 rings (SSSR count). The van der Waals surface area contributed by atoms with Gasteiger partial charge in [-0.1, -0.05) is 6.92 Å². The van der Waals surface area contributed by atoms with Crippen LogP contribution in [0.5, 0.6) is 0 Å². The van der Waals surface area contributed by atoms with E-state index in [-0.39, 0.29) is 12.5 Å². The number of carboxylic acid groups (broad SMARTS) is 1. The van der Waals surface area contributed by atoms with E-state index in [9.17, 15) is 9.59 Å². The van der Waals surface area contributed by atoms with Crippen molar-refractivity contribution in [3.63, 3.8) is 0 Å². The van der Waals surface area contributed by atoms with Crippen LogP contribution in [0.15, 0.2) is 0 Å². The lowest BCUT2D eigenvalue weighted by molar-refractivity contribution is -0.141. The smallest absolute Gasteiger partial charge is 0.327 e. The van der Waals surface area contributed by atoms with Gasteiger partial charge in [-0.05, 0) is 18.3 Å². The van der Waals surface area contributed by atoms with E-state index in [1.165, 1.54) is 19.8 Å². The summed E-state index contributed by atoms with van der Waals surface area (Å²) in [7, 11) is 0. The van der Waals surface area contributed by atoms with Crippen molar-refractivity contribution in [2.24, 2.45) is 5.41 Å². The van der Waals surface area contributed by atoms with Crippen molar-refractivity contribution in [3.8, 4) is 0 Å². The first-order chi connectivity index (χ1) is 6.93. The van der Waals surface area contributed by atoms with E-state index in [4.69, 9.17) is 5.11 Å². The maximum Gasteiger partial charge on any atom is 0.327 e. The monoisotopic (exact) mass is 214 g/mol. The molecule has 0 radical (unpaired) electrons. The quantitative estimate of drug-likeness (QED) is 0.580. The topological polar surface area (TPSA) is 78.4 Å². The van der Waals surface area contributed by atoms with Gasteiger partial charge in [0.05, 0.1) is 0 Å². The fraction of sp³-hybridized carbons (Fsp3) is 0.800. The minimum Gasteiger partial charge on any atom is -0.480 e. The number of carboxylic acids is 1. The lowest BCUT2D eigenvalue weighted by atomic mass is 10.1. The second kappa shape index (κ2) is 4.61. The van der Waals surface area contributed by atoms with E-state index in [0.29, 0.717) is 5.41 Å². The van der Waals surface area contributed by atoms with Crippen molar-refractivity contribution in [1.29, 1.82) is 0 Å². The minimum atomic E-state index is -1.00. The Labute approximate surface area is 89.2 Å². The number of nitrogens with one attached hydrogen (secondary N) is 2. The molecule has 1 aliphatic carbocycles. The first-order valence-corrected chi connectivity index (χ1v) is 5.14. The number of carbonyl (C=O) groups excluding carboxylic acids is 1. The predicted molar refractivity (Wildman–Crippen MR) is 55.5 cm³/mol. The second-order valence-electron chi connectivity index (χ2n) is 4.53. The minimum absolute atomic E-state index is 0.282. The first kappa shape index (κ1) is 12.0. The van der Waals surface area contributed by atoms with Crippen LogP contribution in [0.25, 0.3) is 0 Å². The van der Waals surface area contributed by atoms with E-state index in [1.54, 1.807) is 0 Å². The molecule has 0 aromatic heterocycles. The molecule has 86 valence electrons. The van der Waals surface area contributed by atoms with Gasteiger partial charge in [-0.15, -0.1) is 0 Å². The number of hydrogen-bond donors (Lipinski definition) is 3. The highest BCUT2D eigenvalue weighted by Crippen LogP contribution is 2.43. The van der Waals surface area contributed by atoms with Gasteiger partial charge in [0, 0.05) is 20.0 Å². The van der Waals surface area contributed by atoms with Crippen LogP contribution in [0.3, 0.4) is 0 Å². The van der Waals surface area contributed by atoms with Crippen LogP contribution in [0.4, 0.5) is 0 Å². The Morgan fingerprint density at radius 1 is 1.47 bits per heavy atom. The molecule has 1 unspecified atom stereocenters. The van der Waals surface area contributed by atoms with Crippen LogP contribution in [-0.4, -0.2) is 36.1 Å². The number of aliphatic carboxylic acids is 1. The van der Waals surface area contributed by atoms with Crippen LogP contribution >= 0.6 is 0 Å². The van der Waals surface area contributed by atoms with Crippen molar-refractivity contribution in [3.05, 3.63) is 0 Å². The summed E-state index contributed by atoms with van der Waals surface area (Å²) in [4.78, 5) is 21.5. The molecular formula is C10H18N2O3. The molecule has 0 heterocycles. The van der Waals surface area contributed by atoms with Gasteiger partial charge < -0.3 is 15.7 Å². The zero-order chi connectivity index (χ0) is 11.5. The molecular weight excluding hydrogens is 196 g/mol. The van der Waals surface area contributed by atoms with Crippen molar-refractivity contribution < 1.29 is 14.7 Å². The largest absolute Gasteiger partial charge is 0.480 e. The van der Waals surface area contributed by atoms with Crippen LogP contribution in [0.2, 0.25) is 0 Å². The van der Waals surface area contributed by atoms with Gasteiger partial charge in [-0.25, -0.2) is 4.79 Å². The third-order valence-corrected chi connectivity index (χ3v) is 2.68. The summed E-state index contributed by atoms with van der Waals surface area (Å²) < 4.78 is 0. The third-order valence-electron chi connectivity index (χ3n) is 2.68. The predicted octanol–water partition coefficient (Wildman–Crippen LogP) is -0.0346. The molecule has 0 aliphatic heterocycles. The van der Waals surface area contributed by atoms with Gasteiger partial charge in [0.25, 0.3) is 0 Å². The Kier molecular flexibility index (Phi) is 3.68. The van der Waals surface area contributed by atoms with Crippen LogP contribution in [0, 0.1) is 5.41 Å². The fourth-order valence-electron chi connectivity index (χ4n) is 1.35. The molecule has 1 aliphatic rings. The Balaban J connectivity index is 2.25. The van der Waals surface area contributed by atoms with E-state index >= 15 is 0 Å². The molecule has 0 bridgehead atoms. The molecule has 0 saturated heterocycles. The van der Waals surface area contributed by atoms with Gasteiger partial charge in [0.15, 0.2) is 0 Å². The van der Waals surface area contributed by atoms with Crippen molar-refractivity contribution in [1.82, 2.24) is 10.6 Å². The molecule has 1 saturated carbocycles. The van der Waals surface area contributed by atoms with E-state index in [1.807, 2.05) is 0 Å². The normalized spacial score (nSPS) is 19.3. The van der Waals surface area contributed by atoms with Gasteiger partial charge in [0.2, 0.25) is 5.91 Å². The Morgan fingerprint density at radius 2 is 2.07 bits per heavy atom. The molecule has 1 amide bonds. The molecule has 0 spiro atoms.